The van der Waals surface area contributed by atoms with Crippen LogP contribution in [0.3, 0.4) is 0 Å². The Morgan fingerprint density at radius 2 is 1.88 bits per heavy atom. The number of ether oxygens (including phenoxy) is 1. The molecule has 1 aromatic heterocycles. The van der Waals surface area contributed by atoms with E-state index < -0.39 is 17.7 Å². The van der Waals surface area contributed by atoms with Gasteiger partial charge in [-0.2, -0.15) is 0 Å². The number of hydrogen-bond donors (Lipinski definition) is 2. The van der Waals surface area contributed by atoms with Crippen LogP contribution in [0.15, 0.2) is 42.5 Å². The normalized spacial score (nSPS) is 25.2. The number of para-hydroxylation sites is 1. The highest BCUT2D eigenvalue weighted by atomic mass is 19.2. The standard InChI is InChI=1S/C26H29F2N3O2/c1-14(2)29-16-11-22(15-8-9-19(27)20(28)10-15)31-23(12-16)25-18(13-24(31)26(32)33-3)17-6-4-5-7-21(17)30-25/h4-10,14,16,22-24,29-30H,11-13H2,1-3H3/t16-,22-,23+,24-/m0/s1. The van der Waals surface area contributed by atoms with E-state index in [-0.39, 0.29) is 30.1 Å². The Labute approximate surface area is 192 Å². The fourth-order valence-corrected chi connectivity index (χ4v) is 5.80. The van der Waals surface area contributed by atoms with Crippen LogP contribution in [0.4, 0.5) is 8.78 Å². The van der Waals surface area contributed by atoms with Crippen molar-refractivity contribution in [2.24, 2.45) is 0 Å². The topological polar surface area (TPSA) is 57.4 Å². The largest absolute Gasteiger partial charge is 0.468 e. The van der Waals surface area contributed by atoms with Gasteiger partial charge in [0.1, 0.15) is 6.04 Å². The van der Waals surface area contributed by atoms with E-state index in [9.17, 15) is 13.6 Å². The summed E-state index contributed by atoms with van der Waals surface area (Å²) in [4.78, 5) is 18.8. The maximum Gasteiger partial charge on any atom is 0.323 e. The van der Waals surface area contributed by atoms with Crippen LogP contribution in [0.25, 0.3) is 10.9 Å². The average Bonchev–Trinajstić information content (AvgIpc) is 3.18. The molecule has 5 rings (SSSR count). The van der Waals surface area contributed by atoms with Crippen molar-refractivity contribution >= 4 is 16.9 Å². The predicted molar refractivity (Wildman–Crippen MR) is 123 cm³/mol. The Balaban J connectivity index is 1.67. The molecule has 0 aliphatic carbocycles. The number of H-pyrrole nitrogens is 1. The first-order valence-electron chi connectivity index (χ1n) is 11.5. The first-order chi connectivity index (χ1) is 15.9. The number of aromatic amines is 1. The van der Waals surface area contributed by atoms with Gasteiger partial charge in [-0.25, -0.2) is 8.78 Å². The van der Waals surface area contributed by atoms with Gasteiger partial charge in [-0.15, -0.1) is 0 Å². The third-order valence-corrected chi connectivity index (χ3v) is 7.04. The third kappa shape index (κ3) is 3.83. The third-order valence-electron chi connectivity index (χ3n) is 7.04. The molecule has 33 heavy (non-hydrogen) atoms. The molecule has 0 radical (unpaired) electrons. The lowest BCUT2D eigenvalue weighted by Crippen LogP contribution is -2.56. The highest BCUT2D eigenvalue weighted by Gasteiger charge is 2.48. The summed E-state index contributed by atoms with van der Waals surface area (Å²) in [6.45, 7) is 4.21. The number of halogens is 2. The van der Waals surface area contributed by atoms with E-state index >= 15 is 0 Å². The van der Waals surface area contributed by atoms with Crippen LogP contribution in [-0.2, 0) is 16.0 Å². The molecule has 5 nitrogen and oxygen atoms in total. The maximum absolute atomic E-state index is 14.3. The molecule has 3 aromatic rings. The van der Waals surface area contributed by atoms with Crippen molar-refractivity contribution in [3.63, 3.8) is 0 Å². The first-order valence-corrected chi connectivity index (χ1v) is 11.5. The van der Waals surface area contributed by atoms with Crippen LogP contribution in [-0.4, -0.2) is 41.1 Å². The lowest BCUT2D eigenvalue weighted by molar-refractivity contribution is -0.152. The Kier molecular flexibility index (Phi) is 5.70. The van der Waals surface area contributed by atoms with Gasteiger partial charge in [0.2, 0.25) is 0 Å². The fraction of sp³-hybridized carbons (Fsp3) is 0.423. The minimum Gasteiger partial charge on any atom is -0.468 e. The molecule has 0 saturated carbocycles. The van der Waals surface area contributed by atoms with Crippen LogP contribution in [0.2, 0.25) is 0 Å². The lowest BCUT2D eigenvalue weighted by atomic mass is 9.79. The van der Waals surface area contributed by atoms with Crippen molar-refractivity contribution in [1.29, 1.82) is 0 Å². The molecule has 0 bridgehead atoms. The van der Waals surface area contributed by atoms with Crippen LogP contribution in [0.1, 0.15) is 55.6 Å². The Hall–Kier alpha value is -2.77. The molecule has 1 saturated heterocycles. The molecule has 2 N–H and O–H groups in total. The second-order valence-electron chi connectivity index (χ2n) is 9.45. The van der Waals surface area contributed by atoms with Crippen molar-refractivity contribution in [3.05, 3.63) is 70.9 Å². The zero-order valence-electron chi connectivity index (χ0n) is 19.1. The number of nitrogens with one attached hydrogen (secondary N) is 2. The summed E-state index contributed by atoms with van der Waals surface area (Å²) in [6, 6.07) is 11.8. The van der Waals surface area contributed by atoms with Crippen molar-refractivity contribution in [3.8, 4) is 0 Å². The zero-order chi connectivity index (χ0) is 23.3. The van der Waals surface area contributed by atoms with Gasteiger partial charge in [0.05, 0.1) is 13.2 Å². The van der Waals surface area contributed by atoms with Crippen LogP contribution < -0.4 is 5.32 Å². The highest BCUT2D eigenvalue weighted by molar-refractivity contribution is 5.87. The van der Waals surface area contributed by atoms with Crippen LogP contribution >= 0.6 is 0 Å². The highest BCUT2D eigenvalue weighted by Crippen LogP contribution is 2.49. The minimum absolute atomic E-state index is 0.0895. The molecule has 3 heterocycles. The van der Waals surface area contributed by atoms with E-state index in [4.69, 9.17) is 4.74 Å². The number of aromatic nitrogens is 1. The number of fused-ring (bicyclic) bond motifs is 5. The van der Waals surface area contributed by atoms with Gasteiger partial charge in [-0.3, -0.25) is 9.69 Å². The second kappa shape index (κ2) is 8.54. The quantitative estimate of drug-likeness (QED) is 0.558. The molecule has 2 aromatic carbocycles. The number of nitrogens with zero attached hydrogens (tertiary/aromatic N) is 1. The molecule has 0 amide bonds. The number of benzene rings is 2. The van der Waals surface area contributed by atoms with E-state index in [1.165, 1.54) is 19.2 Å². The fourth-order valence-electron chi connectivity index (χ4n) is 5.80. The van der Waals surface area contributed by atoms with Crippen molar-refractivity contribution < 1.29 is 18.3 Å². The molecule has 7 heteroatoms. The number of piperidine rings is 1. The number of hydrogen-bond acceptors (Lipinski definition) is 4. The van der Waals surface area contributed by atoms with Gasteiger partial charge >= 0.3 is 5.97 Å². The minimum atomic E-state index is -0.874. The summed E-state index contributed by atoms with van der Waals surface area (Å²) in [5.41, 5.74) is 3.94. The predicted octanol–water partition coefficient (Wildman–Crippen LogP) is 4.79. The number of methoxy groups -OCH3 is 1. The summed E-state index contributed by atoms with van der Waals surface area (Å²) >= 11 is 0. The number of carbonyl (C=O) groups excluding carboxylic acids is 1. The lowest BCUT2D eigenvalue weighted by Gasteiger charge is -2.51. The van der Waals surface area contributed by atoms with Crippen molar-refractivity contribution in [2.45, 2.75) is 63.3 Å². The number of carbonyl (C=O) groups is 1. The molecular weight excluding hydrogens is 424 g/mol. The molecular formula is C26H29F2N3O2. The van der Waals surface area contributed by atoms with E-state index in [0.717, 1.165) is 28.6 Å². The number of rotatable bonds is 4. The molecule has 174 valence electrons. The van der Waals surface area contributed by atoms with E-state index in [0.29, 0.717) is 18.4 Å². The molecule has 0 unspecified atom stereocenters. The first kappa shape index (κ1) is 22.0. The Morgan fingerprint density at radius 3 is 2.61 bits per heavy atom. The van der Waals surface area contributed by atoms with Gasteiger partial charge in [0, 0.05) is 41.1 Å². The summed E-state index contributed by atoms with van der Waals surface area (Å²) in [7, 11) is 1.40. The molecule has 4 atom stereocenters. The second-order valence-corrected chi connectivity index (χ2v) is 9.45. The van der Waals surface area contributed by atoms with Gasteiger partial charge in [0.15, 0.2) is 11.6 Å². The van der Waals surface area contributed by atoms with Crippen molar-refractivity contribution in [1.82, 2.24) is 15.2 Å². The molecule has 2 aliphatic heterocycles. The molecule has 2 aliphatic rings. The molecule has 0 spiro atoms. The van der Waals surface area contributed by atoms with E-state index in [1.54, 1.807) is 6.07 Å². The zero-order valence-corrected chi connectivity index (χ0v) is 19.1. The maximum atomic E-state index is 14.3. The Bertz CT molecular complexity index is 1190. The monoisotopic (exact) mass is 453 g/mol. The molecule has 1 fully saturated rings. The van der Waals surface area contributed by atoms with Gasteiger partial charge < -0.3 is 15.0 Å². The average molecular weight is 454 g/mol. The number of esters is 1. The van der Waals surface area contributed by atoms with E-state index in [1.807, 2.05) is 18.2 Å². The van der Waals surface area contributed by atoms with Gasteiger partial charge in [-0.05, 0) is 42.2 Å². The summed E-state index contributed by atoms with van der Waals surface area (Å²) < 4.78 is 33.2. The Morgan fingerprint density at radius 1 is 1.12 bits per heavy atom. The van der Waals surface area contributed by atoms with Gasteiger partial charge in [-0.1, -0.05) is 38.1 Å². The van der Waals surface area contributed by atoms with E-state index in [2.05, 4.69) is 35.1 Å². The summed E-state index contributed by atoms with van der Waals surface area (Å²) in [6.07, 6.45) is 1.99. The van der Waals surface area contributed by atoms with Crippen LogP contribution in [0.5, 0.6) is 0 Å². The summed E-state index contributed by atoms with van der Waals surface area (Å²) in [5, 5.41) is 4.75. The summed E-state index contributed by atoms with van der Waals surface area (Å²) in [5.74, 6) is -2.05. The van der Waals surface area contributed by atoms with Crippen LogP contribution in [0, 0.1) is 11.6 Å². The smallest absolute Gasteiger partial charge is 0.323 e. The SMILES string of the molecule is COC(=O)[C@@H]1Cc2c([nH]c3ccccc23)[C@H]2C[C@@H](NC(C)C)C[C@@H](c3ccc(F)c(F)c3)N21. The van der Waals surface area contributed by atoms with Crippen molar-refractivity contribution in [2.75, 3.05) is 7.11 Å². The van der Waals surface area contributed by atoms with Gasteiger partial charge in [0.25, 0.3) is 0 Å².